The number of pyridine rings is 1. The highest BCUT2D eigenvalue weighted by atomic mass is 16.5. The minimum absolute atomic E-state index is 0.339. The molecule has 5 N–H and O–H groups in total. The third-order valence-corrected chi connectivity index (χ3v) is 4.56. The Morgan fingerprint density at radius 2 is 1.90 bits per heavy atom. The molecule has 0 fully saturated rings. The van der Waals surface area contributed by atoms with Crippen LogP contribution in [-0.4, -0.2) is 17.1 Å². The molecule has 0 spiro atoms. The van der Waals surface area contributed by atoms with Crippen molar-refractivity contribution >= 4 is 12.1 Å². The molecule has 0 aliphatic carbocycles. The van der Waals surface area contributed by atoms with Crippen molar-refractivity contribution in [2.45, 2.75) is 20.5 Å². The standard InChI is InChI=1S/C22H23N5O2/c1-14-11-21(20(12-28)15(2)25-14)29-13-16-7-9-17(10-8-16)18-5-3-4-6-19(18)22(26-23)27-24/h3-12H,13,23-24H2,1-2H3,(H,26,27). The SMILES string of the molecule is Cc1cc(OCc2ccc(-c3ccccc3/C(=N/N)NN)cc2)c(C=O)c(C)n1. The lowest BCUT2D eigenvalue weighted by Gasteiger charge is -2.13. The average molecular weight is 389 g/mol. The Morgan fingerprint density at radius 1 is 1.17 bits per heavy atom. The predicted octanol–water partition coefficient (Wildman–Crippen LogP) is 2.84. The summed E-state index contributed by atoms with van der Waals surface area (Å²) in [4.78, 5) is 15.7. The van der Waals surface area contributed by atoms with Crippen molar-refractivity contribution in [3.63, 3.8) is 0 Å². The zero-order valence-corrected chi connectivity index (χ0v) is 16.3. The fourth-order valence-electron chi connectivity index (χ4n) is 3.13. The van der Waals surface area contributed by atoms with E-state index in [1.807, 2.05) is 55.5 Å². The number of hydrogen-bond donors (Lipinski definition) is 3. The summed E-state index contributed by atoms with van der Waals surface area (Å²) in [6, 6.07) is 17.4. The first-order chi connectivity index (χ1) is 14.1. The Kier molecular flexibility index (Phi) is 6.21. The van der Waals surface area contributed by atoms with Gasteiger partial charge in [0.1, 0.15) is 12.4 Å². The highest BCUT2D eigenvalue weighted by Gasteiger charge is 2.11. The zero-order chi connectivity index (χ0) is 20.8. The van der Waals surface area contributed by atoms with Gasteiger partial charge in [-0.15, -0.1) is 0 Å². The minimum Gasteiger partial charge on any atom is -0.488 e. The second-order valence-corrected chi connectivity index (χ2v) is 6.53. The van der Waals surface area contributed by atoms with E-state index in [1.54, 1.807) is 13.0 Å². The summed E-state index contributed by atoms with van der Waals surface area (Å²) >= 11 is 0. The highest BCUT2D eigenvalue weighted by molar-refractivity contribution is 6.04. The number of rotatable bonds is 6. The number of carbonyl (C=O) groups excluding carboxylic acids is 1. The van der Waals surface area contributed by atoms with Crippen LogP contribution < -0.4 is 21.8 Å². The lowest BCUT2D eigenvalue weighted by molar-refractivity contribution is 0.111. The molecule has 3 aromatic rings. The maximum Gasteiger partial charge on any atom is 0.167 e. The predicted molar refractivity (Wildman–Crippen MR) is 113 cm³/mol. The molecule has 7 nitrogen and oxygen atoms in total. The fraction of sp³-hybridized carbons (Fsp3) is 0.136. The van der Waals surface area contributed by atoms with E-state index in [9.17, 15) is 4.79 Å². The number of carbonyl (C=O) groups is 1. The van der Waals surface area contributed by atoms with Crippen LogP contribution in [0.2, 0.25) is 0 Å². The third-order valence-electron chi connectivity index (χ3n) is 4.56. The quantitative estimate of drug-likeness (QED) is 0.196. The Morgan fingerprint density at radius 3 is 2.55 bits per heavy atom. The van der Waals surface area contributed by atoms with Gasteiger partial charge in [0.2, 0.25) is 0 Å². The monoisotopic (exact) mass is 389 g/mol. The fourth-order valence-corrected chi connectivity index (χ4v) is 3.13. The van der Waals surface area contributed by atoms with Gasteiger partial charge in [-0.2, -0.15) is 5.10 Å². The van der Waals surface area contributed by atoms with Crippen LogP contribution in [0.25, 0.3) is 11.1 Å². The van der Waals surface area contributed by atoms with E-state index in [0.717, 1.165) is 34.2 Å². The number of hydrazone groups is 1. The number of nitrogens with one attached hydrogen (secondary N) is 1. The Hall–Kier alpha value is -3.71. The molecule has 29 heavy (non-hydrogen) atoms. The van der Waals surface area contributed by atoms with Crippen LogP contribution in [0.3, 0.4) is 0 Å². The molecule has 7 heteroatoms. The van der Waals surface area contributed by atoms with Crippen LogP contribution in [0.5, 0.6) is 5.75 Å². The summed E-state index contributed by atoms with van der Waals surface area (Å²) in [6.45, 7) is 4.01. The molecule has 0 unspecified atom stereocenters. The van der Waals surface area contributed by atoms with Gasteiger partial charge in [0.25, 0.3) is 0 Å². The van der Waals surface area contributed by atoms with E-state index in [1.165, 1.54) is 0 Å². The van der Waals surface area contributed by atoms with E-state index in [0.29, 0.717) is 29.4 Å². The van der Waals surface area contributed by atoms with Crippen molar-refractivity contribution in [2.24, 2.45) is 16.8 Å². The number of ether oxygens (including phenoxy) is 1. The van der Waals surface area contributed by atoms with Crippen LogP contribution in [0.15, 0.2) is 59.7 Å². The van der Waals surface area contributed by atoms with Gasteiger partial charge in [-0.1, -0.05) is 48.5 Å². The number of aromatic nitrogens is 1. The van der Waals surface area contributed by atoms with Crippen molar-refractivity contribution in [1.29, 1.82) is 0 Å². The summed E-state index contributed by atoms with van der Waals surface area (Å²) < 4.78 is 5.88. The van der Waals surface area contributed by atoms with E-state index < -0.39 is 0 Å². The summed E-state index contributed by atoms with van der Waals surface area (Å²) in [5, 5.41) is 3.70. The lowest BCUT2D eigenvalue weighted by atomic mass is 9.98. The normalized spacial score (nSPS) is 11.2. The molecule has 2 aromatic carbocycles. The van der Waals surface area contributed by atoms with Crippen LogP contribution in [0.4, 0.5) is 0 Å². The molecule has 0 aliphatic heterocycles. The van der Waals surface area contributed by atoms with Crippen molar-refractivity contribution in [2.75, 3.05) is 0 Å². The molecule has 0 amide bonds. The van der Waals surface area contributed by atoms with Crippen molar-refractivity contribution < 1.29 is 9.53 Å². The highest BCUT2D eigenvalue weighted by Crippen LogP contribution is 2.25. The Bertz CT molecular complexity index is 1050. The van der Waals surface area contributed by atoms with Crippen LogP contribution >= 0.6 is 0 Å². The second-order valence-electron chi connectivity index (χ2n) is 6.53. The number of nitrogens with zero attached hydrogens (tertiary/aromatic N) is 2. The number of amidine groups is 1. The van der Waals surface area contributed by atoms with Gasteiger partial charge in [0, 0.05) is 17.3 Å². The molecular weight excluding hydrogens is 366 g/mol. The molecule has 1 heterocycles. The molecule has 3 rings (SSSR count). The topological polar surface area (TPSA) is 116 Å². The molecule has 0 aliphatic rings. The molecule has 1 aromatic heterocycles. The average Bonchev–Trinajstić information content (AvgIpc) is 2.73. The number of benzene rings is 2. The first kappa shape index (κ1) is 20.0. The van der Waals surface area contributed by atoms with Crippen LogP contribution in [0, 0.1) is 13.8 Å². The van der Waals surface area contributed by atoms with Gasteiger partial charge in [-0.3, -0.25) is 9.78 Å². The van der Waals surface area contributed by atoms with Crippen molar-refractivity contribution in [1.82, 2.24) is 10.4 Å². The van der Waals surface area contributed by atoms with Crippen molar-refractivity contribution in [3.05, 3.63) is 82.7 Å². The van der Waals surface area contributed by atoms with E-state index in [2.05, 4.69) is 15.5 Å². The molecule has 0 bridgehead atoms. The first-order valence-corrected chi connectivity index (χ1v) is 9.06. The Balaban J connectivity index is 1.82. The minimum atomic E-state index is 0.339. The summed E-state index contributed by atoms with van der Waals surface area (Å²) in [5.74, 6) is 11.9. The summed E-state index contributed by atoms with van der Waals surface area (Å²) in [6.07, 6.45) is 0.777. The number of aryl methyl sites for hydroxylation is 2. The van der Waals surface area contributed by atoms with Crippen molar-refractivity contribution in [3.8, 4) is 16.9 Å². The van der Waals surface area contributed by atoms with Gasteiger partial charge >= 0.3 is 0 Å². The summed E-state index contributed by atoms with van der Waals surface area (Å²) in [5.41, 5.74) is 8.18. The first-order valence-electron chi connectivity index (χ1n) is 9.06. The third kappa shape index (κ3) is 4.41. The zero-order valence-electron chi connectivity index (χ0n) is 16.3. The largest absolute Gasteiger partial charge is 0.488 e. The maximum atomic E-state index is 11.4. The van der Waals surface area contributed by atoms with Crippen LogP contribution in [-0.2, 0) is 6.61 Å². The smallest absolute Gasteiger partial charge is 0.167 e. The molecule has 0 radical (unpaired) electrons. The molecular formula is C22H23N5O2. The molecule has 0 saturated carbocycles. The maximum absolute atomic E-state index is 11.4. The number of hydrogen-bond acceptors (Lipinski definition) is 6. The molecule has 0 saturated heterocycles. The van der Waals surface area contributed by atoms with Crippen LogP contribution in [0.1, 0.15) is 32.9 Å². The summed E-state index contributed by atoms with van der Waals surface area (Å²) in [7, 11) is 0. The number of aldehydes is 1. The van der Waals surface area contributed by atoms with E-state index >= 15 is 0 Å². The molecule has 148 valence electrons. The van der Waals surface area contributed by atoms with Gasteiger partial charge in [0.05, 0.1) is 11.3 Å². The van der Waals surface area contributed by atoms with E-state index in [4.69, 9.17) is 16.4 Å². The molecule has 0 atom stereocenters. The Labute approximate surface area is 169 Å². The lowest BCUT2D eigenvalue weighted by Crippen LogP contribution is -2.32. The second kappa shape index (κ2) is 8.99. The van der Waals surface area contributed by atoms with Gasteiger partial charge in [0.15, 0.2) is 12.1 Å². The van der Waals surface area contributed by atoms with Gasteiger partial charge in [-0.05, 0) is 30.5 Å². The van der Waals surface area contributed by atoms with Gasteiger partial charge < -0.3 is 16.0 Å². The van der Waals surface area contributed by atoms with Gasteiger partial charge in [-0.25, -0.2) is 5.84 Å². The number of nitrogens with two attached hydrogens (primary N) is 2. The number of hydrazine groups is 1. The van der Waals surface area contributed by atoms with E-state index in [-0.39, 0.29) is 0 Å².